The van der Waals surface area contributed by atoms with Crippen molar-refractivity contribution in [2.24, 2.45) is 0 Å². The number of aliphatic carboxylic acids is 1. The number of hydrogen-bond acceptors (Lipinski definition) is 7. The quantitative estimate of drug-likeness (QED) is 0.333. The first kappa shape index (κ1) is 22.7. The van der Waals surface area contributed by atoms with E-state index in [1.807, 2.05) is 38.1 Å². The maximum absolute atomic E-state index is 12.6. The van der Waals surface area contributed by atoms with E-state index in [0.29, 0.717) is 46.0 Å². The van der Waals surface area contributed by atoms with Gasteiger partial charge in [-0.2, -0.15) is 4.37 Å². The number of rotatable bonds is 5. The standard InChI is InChI=1S/C26H22N2O6S/c1-14-6-4-5-7-19(14)16(3)32-25(31)27-22-15(2)28-35-20(22)9-8-18-12-17-13-21(34-23(17)33-18)26(10-11-26)24(29)30/h4-7,12-13,16H,10-11H2,1-3H3,(H,27,31)(H,29,30). The number of hydrogen-bond donors (Lipinski definition) is 2. The van der Waals surface area contributed by atoms with Crippen LogP contribution in [0, 0.1) is 25.7 Å². The second-order valence-corrected chi connectivity index (χ2v) is 9.38. The zero-order chi connectivity index (χ0) is 24.7. The highest BCUT2D eigenvalue weighted by Gasteiger charge is 2.54. The number of furan rings is 2. The van der Waals surface area contributed by atoms with Crippen molar-refractivity contribution in [3.05, 3.63) is 69.6 Å². The Morgan fingerprint density at radius 3 is 2.66 bits per heavy atom. The first-order valence-corrected chi connectivity index (χ1v) is 11.8. The fourth-order valence-corrected chi connectivity index (χ4v) is 4.65. The summed E-state index contributed by atoms with van der Waals surface area (Å²) < 4.78 is 21.2. The Balaban J connectivity index is 1.30. The van der Waals surface area contributed by atoms with Crippen LogP contribution in [0.3, 0.4) is 0 Å². The van der Waals surface area contributed by atoms with Crippen LogP contribution >= 0.6 is 11.5 Å². The van der Waals surface area contributed by atoms with Gasteiger partial charge in [0.2, 0.25) is 0 Å². The third kappa shape index (κ3) is 4.29. The Hall–Kier alpha value is -4.03. The molecule has 0 spiro atoms. The van der Waals surface area contributed by atoms with Crippen LogP contribution in [-0.4, -0.2) is 21.5 Å². The molecule has 35 heavy (non-hydrogen) atoms. The van der Waals surface area contributed by atoms with Crippen LogP contribution in [0.5, 0.6) is 0 Å². The van der Waals surface area contributed by atoms with Crippen molar-refractivity contribution in [1.29, 1.82) is 0 Å². The van der Waals surface area contributed by atoms with Crippen molar-refractivity contribution >= 4 is 40.4 Å². The predicted octanol–water partition coefficient (Wildman–Crippen LogP) is 5.92. The summed E-state index contributed by atoms with van der Waals surface area (Å²) in [4.78, 5) is 24.6. The maximum atomic E-state index is 12.6. The molecule has 1 saturated carbocycles. The fraction of sp³-hybridized carbons (Fsp3) is 0.269. The highest BCUT2D eigenvalue weighted by molar-refractivity contribution is 7.07. The normalized spacial score (nSPS) is 14.7. The number of amides is 1. The zero-order valence-corrected chi connectivity index (χ0v) is 20.1. The number of aryl methyl sites for hydroxylation is 2. The van der Waals surface area contributed by atoms with Crippen molar-refractivity contribution in [3.63, 3.8) is 0 Å². The van der Waals surface area contributed by atoms with Crippen LogP contribution < -0.4 is 5.32 Å². The van der Waals surface area contributed by atoms with E-state index in [9.17, 15) is 14.7 Å². The Kier molecular flexibility index (Phi) is 5.61. The number of carbonyl (C=O) groups excluding carboxylic acids is 1. The fourth-order valence-electron chi connectivity index (χ4n) is 3.95. The van der Waals surface area contributed by atoms with E-state index < -0.39 is 23.6 Å². The van der Waals surface area contributed by atoms with Gasteiger partial charge in [-0.3, -0.25) is 10.1 Å². The van der Waals surface area contributed by atoms with Crippen molar-refractivity contribution in [2.45, 2.75) is 45.1 Å². The second kappa shape index (κ2) is 8.64. The van der Waals surface area contributed by atoms with Crippen molar-refractivity contribution in [3.8, 4) is 11.8 Å². The molecule has 1 aliphatic rings. The molecule has 1 aromatic carbocycles. The van der Waals surface area contributed by atoms with Crippen LogP contribution in [0.4, 0.5) is 10.5 Å². The molecule has 2 N–H and O–H groups in total. The molecule has 1 atom stereocenters. The molecule has 0 radical (unpaired) electrons. The molecular weight excluding hydrogens is 468 g/mol. The first-order valence-electron chi connectivity index (χ1n) is 11.1. The lowest BCUT2D eigenvalue weighted by Gasteiger charge is -2.16. The molecular formula is C26H22N2O6S. The number of nitrogens with one attached hydrogen (secondary N) is 1. The lowest BCUT2D eigenvalue weighted by atomic mass is 10.0. The van der Waals surface area contributed by atoms with E-state index in [1.54, 1.807) is 19.1 Å². The molecule has 3 aromatic heterocycles. The molecule has 1 aliphatic carbocycles. The molecule has 0 saturated heterocycles. The highest BCUT2D eigenvalue weighted by atomic mass is 32.1. The summed E-state index contributed by atoms with van der Waals surface area (Å²) in [5.74, 6) is 6.02. The van der Waals surface area contributed by atoms with Gasteiger partial charge in [-0.25, -0.2) is 4.79 Å². The molecule has 5 rings (SSSR count). The van der Waals surface area contributed by atoms with Gasteiger partial charge in [0, 0.05) is 6.07 Å². The number of carboxylic acids is 1. The number of fused-ring (bicyclic) bond motifs is 1. The van der Waals surface area contributed by atoms with Crippen LogP contribution in [0.2, 0.25) is 0 Å². The minimum Gasteiger partial charge on any atom is -0.480 e. The zero-order valence-electron chi connectivity index (χ0n) is 19.3. The SMILES string of the molecule is Cc1ccccc1C(C)OC(=O)Nc1c(C)nsc1C#Cc1cc2cc(C3(C(=O)O)CC3)oc2o1. The van der Waals surface area contributed by atoms with Crippen LogP contribution in [0.15, 0.2) is 45.2 Å². The molecule has 0 aliphatic heterocycles. The number of ether oxygens (including phenoxy) is 1. The van der Waals surface area contributed by atoms with Gasteiger partial charge >= 0.3 is 12.1 Å². The van der Waals surface area contributed by atoms with Gasteiger partial charge in [0.25, 0.3) is 5.78 Å². The van der Waals surface area contributed by atoms with Crippen LogP contribution in [-0.2, 0) is 14.9 Å². The van der Waals surface area contributed by atoms with Gasteiger partial charge in [-0.05, 0) is 74.2 Å². The van der Waals surface area contributed by atoms with Gasteiger partial charge in [0.1, 0.15) is 22.2 Å². The summed E-state index contributed by atoms with van der Waals surface area (Å²) in [6, 6.07) is 11.1. The Morgan fingerprint density at radius 2 is 1.97 bits per heavy atom. The van der Waals surface area contributed by atoms with Crippen molar-refractivity contribution < 1.29 is 28.3 Å². The molecule has 8 nitrogen and oxygen atoms in total. The topological polar surface area (TPSA) is 115 Å². The monoisotopic (exact) mass is 490 g/mol. The summed E-state index contributed by atoms with van der Waals surface area (Å²) in [5, 5.41) is 12.9. The Morgan fingerprint density at radius 1 is 1.20 bits per heavy atom. The average Bonchev–Trinajstić information content (AvgIpc) is 3.25. The number of benzene rings is 1. The van der Waals surface area contributed by atoms with Crippen LogP contribution in [0.1, 0.15) is 59.1 Å². The van der Waals surface area contributed by atoms with E-state index in [-0.39, 0.29) is 5.78 Å². The summed E-state index contributed by atoms with van der Waals surface area (Å²) >= 11 is 1.16. The highest BCUT2D eigenvalue weighted by Crippen LogP contribution is 2.50. The second-order valence-electron chi connectivity index (χ2n) is 8.60. The molecule has 178 valence electrons. The van der Waals surface area contributed by atoms with E-state index in [2.05, 4.69) is 21.5 Å². The Labute approximate surface area is 205 Å². The van der Waals surface area contributed by atoms with Gasteiger partial charge in [0.15, 0.2) is 5.76 Å². The number of carbonyl (C=O) groups is 2. The minimum atomic E-state index is -0.931. The van der Waals surface area contributed by atoms with Gasteiger partial charge in [-0.1, -0.05) is 24.3 Å². The van der Waals surface area contributed by atoms with E-state index in [1.165, 1.54) is 0 Å². The largest absolute Gasteiger partial charge is 0.480 e. The van der Waals surface area contributed by atoms with Gasteiger partial charge in [0.05, 0.1) is 16.8 Å². The smallest absolute Gasteiger partial charge is 0.412 e. The van der Waals surface area contributed by atoms with E-state index in [4.69, 9.17) is 13.6 Å². The third-order valence-electron chi connectivity index (χ3n) is 6.14. The van der Waals surface area contributed by atoms with Crippen molar-refractivity contribution in [1.82, 2.24) is 4.37 Å². The molecule has 9 heteroatoms. The van der Waals surface area contributed by atoms with Crippen LogP contribution in [0.25, 0.3) is 11.2 Å². The lowest BCUT2D eigenvalue weighted by molar-refractivity contribution is -0.140. The number of nitrogens with zero attached hydrogens (tertiary/aromatic N) is 1. The lowest BCUT2D eigenvalue weighted by Crippen LogP contribution is -2.18. The van der Waals surface area contributed by atoms with Gasteiger partial charge in [-0.15, -0.1) is 0 Å². The van der Waals surface area contributed by atoms with E-state index in [0.717, 1.165) is 22.7 Å². The Bertz CT molecular complexity index is 1480. The summed E-state index contributed by atoms with van der Waals surface area (Å²) in [7, 11) is 0. The molecule has 1 unspecified atom stereocenters. The number of aromatic nitrogens is 1. The van der Waals surface area contributed by atoms with Gasteiger partial charge < -0.3 is 18.7 Å². The summed E-state index contributed by atoms with van der Waals surface area (Å²) in [6.45, 7) is 5.57. The summed E-state index contributed by atoms with van der Waals surface area (Å²) in [5.41, 5.74) is 2.16. The van der Waals surface area contributed by atoms with Crippen molar-refractivity contribution in [2.75, 3.05) is 5.32 Å². The molecule has 0 bridgehead atoms. The molecule has 3 heterocycles. The van der Waals surface area contributed by atoms with E-state index >= 15 is 0 Å². The number of anilines is 1. The average molecular weight is 491 g/mol. The first-order chi connectivity index (χ1) is 16.8. The third-order valence-corrected chi connectivity index (χ3v) is 7.00. The predicted molar refractivity (Wildman–Crippen MR) is 130 cm³/mol. The molecule has 4 aromatic rings. The number of carboxylic acid groups (broad SMARTS) is 1. The molecule has 1 fully saturated rings. The maximum Gasteiger partial charge on any atom is 0.412 e. The minimum absolute atomic E-state index is 0.240. The summed E-state index contributed by atoms with van der Waals surface area (Å²) in [6.07, 6.45) is 0.0924. The molecule has 1 amide bonds.